The maximum Gasteiger partial charge on any atom is 0.173 e. The Balaban J connectivity index is 2.79. The molecule has 0 aromatic heterocycles. The van der Waals surface area contributed by atoms with Crippen molar-refractivity contribution in [1.82, 2.24) is 0 Å². The molecule has 0 unspecified atom stereocenters. The number of hydrogen-bond donors (Lipinski definition) is 0. The van der Waals surface area contributed by atoms with Gasteiger partial charge in [0, 0.05) is 12.5 Å². The van der Waals surface area contributed by atoms with Crippen LogP contribution in [0.4, 0.5) is 0 Å². The Labute approximate surface area is 113 Å². The van der Waals surface area contributed by atoms with E-state index in [2.05, 4.69) is 0 Å². The average Bonchev–Trinajstić information content (AvgIpc) is 2.44. The van der Waals surface area contributed by atoms with Crippen LogP contribution in [-0.2, 0) is 4.79 Å². The summed E-state index contributed by atoms with van der Waals surface area (Å²) < 4.78 is 10.2. The fourth-order valence-corrected chi connectivity index (χ4v) is 1.77. The van der Waals surface area contributed by atoms with E-state index >= 15 is 0 Å². The minimum atomic E-state index is -0.208. The van der Waals surface area contributed by atoms with Crippen molar-refractivity contribution in [2.75, 3.05) is 14.2 Å². The lowest BCUT2D eigenvalue weighted by molar-refractivity contribution is -0.118. The van der Waals surface area contributed by atoms with Crippen molar-refractivity contribution in [3.05, 3.63) is 23.8 Å². The lowest BCUT2D eigenvalue weighted by Crippen LogP contribution is -2.09. The predicted octanol–water partition coefficient (Wildman–Crippen LogP) is 3.04. The Hall–Kier alpha value is -1.84. The highest BCUT2D eigenvalue weighted by atomic mass is 16.5. The smallest absolute Gasteiger partial charge is 0.173 e. The molecule has 0 aliphatic rings. The molecular formula is C15H20O4. The number of unbranched alkanes of at least 4 members (excludes halogenated alkanes) is 1. The number of carbonyl (C=O) groups is 2. The number of ether oxygens (including phenoxy) is 2. The second-order valence-electron chi connectivity index (χ2n) is 4.31. The van der Waals surface area contributed by atoms with Gasteiger partial charge in [0.05, 0.1) is 26.2 Å². The van der Waals surface area contributed by atoms with Crippen LogP contribution < -0.4 is 9.47 Å². The van der Waals surface area contributed by atoms with Crippen LogP contribution >= 0.6 is 0 Å². The van der Waals surface area contributed by atoms with Gasteiger partial charge in [-0.3, -0.25) is 9.59 Å². The summed E-state index contributed by atoms with van der Waals surface area (Å²) >= 11 is 0. The van der Waals surface area contributed by atoms with Crippen molar-refractivity contribution >= 4 is 11.6 Å². The van der Waals surface area contributed by atoms with Crippen LogP contribution in [0.25, 0.3) is 0 Å². The fourth-order valence-electron chi connectivity index (χ4n) is 1.77. The summed E-state index contributed by atoms with van der Waals surface area (Å²) in [5, 5.41) is 0. The monoisotopic (exact) mass is 264 g/mol. The van der Waals surface area contributed by atoms with Crippen molar-refractivity contribution in [3.63, 3.8) is 0 Å². The van der Waals surface area contributed by atoms with Crippen LogP contribution in [0, 0.1) is 0 Å². The van der Waals surface area contributed by atoms with E-state index in [9.17, 15) is 9.59 Å². The normalized spacial score (nSPS) is 10.1. The van der Waals surface area contributed by atoms with Crippen molar-refractivity contribution in [2.24, 2.45) is 0 Å². The number of rotatable bonds is 8. The molecule has 4 heteroatoms. The van der Waals surface area contributed by atoms with Crippen LogP contribution in [-0.4, -0.2) is 25.8 Å². The number of hydrogen-bond acceptors (Lipinski definition) is 4. The lowest BCUT2D eigenvalue weighted by Gasteiger charge is -2.09. The molecule has 1 aromatic carbocycles. The Morgan fingerprint density at radius 2 is 1.89 bits per heavy atom. The zero-order chi connectivity index (χ0) is 14.3. The molecule has 4 nitrogen and oxygen atoms in total. The molecule has 0 aliphatic carbocycles. The molecule has 0 amide bonds. The topological polar surface area (TPSA) is 52.6 Å². The van der Waals surface area contributed by atoms with E-state index < -0.39 is 0 Å². The minimum Gasteiger partial charge on any atom is -0.497 e. The Morgan fingerprint density at radius 1 is 1.16 bits per heavy atom. The molecule has 0 radical (unpaired) electrons. The van der Waals surface area contributed by atoms with Crippen LogP contribution in [0.2, 0.25) is 0 Å². The summed E-state index contributed by atoms with van der Waals surface area (Å²) in [7, 11) is 3.04. The van der Waals surface area contributed by atoms with Gasteiger partial charge < -0.3 is 9.47 Å². The molecule has 0 aliphatic heterocycles. The highest BCUT2D eigenvalue weighted by Gasteiger charge is 2.16. The van der Waals surface area contributed by atoms with Gasteiger partial charge in [-0.1, -0.05) is 13.3 Å². The predicted molar refractivity (Wildman–Crippen MR) is 73.0 cm³/mol. The summed E-state index contributed by atoms with van der Waals surface area (Å²) in [5.41, 5.74) is 0.424. The first-order chi connectivity index (χ1) is 9.12. The fraction of sp³-hybridized carbons (Fsp3) is 0.467. The third-order valence-corrected chi connectivity index (χ3v) is 2.88. The van der Waals surface area contributed by atoms with Crippen molar-refractivity contribution in [3.8, 4) is 11.5 Å². The molecule has 0 saturated carbocycles. The molecule has 1 rings (SSSR count). The van der Waals surface area contributed by atoms with Crippen molar-refractivity contribution in [1.29, 1.82) is 0 Å². The molecule has 1 aromatic rings. The van der Waals surface area contributed by atoms with Gasteiger partial charge in [0.15, 0.2) is 5.78 Å². The zero-order valence-electron chi connectivity index (χ0n) is 11.7. The summed E-state index contributed by atoms with van der Waals surface area (Å²) in [6.07, 6.45) is 2.17. The minimum absolute atomic E-state index is 0.0234. The summed E-state index contributed by atoms with van der Waals surface area (Å²) in [4.78, 5) is 23.7. The number of methoxy groups -OCH3 is 2. The molecular weight excluding hydrogens is 244 g/mol. The lowest BCUT2D eigenvalue weighted by atomic mass is 10.0. The van der Waals surface area contributed by atoms with Gasteiger partial charge in [-0.2, -0.15) is 0 Å². The van der Waals surface area contributed by atoms with Crippen LogP contribution in [0.1, 0.15) is 43.0 Å². The quantitative estimate of drug-likeness (QED) is 0.535. The first-order valence-corrected chi connectivity index (χ1v) is 6.39. The summed E-state index contributed by atoms with van der Waals surface area (Å²) in [6, 6.07) is 4.96. The van der Waals surface area contributed by atoms with Crippen molar-refractivity contribution in [2.45, 2.75) is 32.6 Å². The van der Waals surface area contributed by atoms with Gasteiger partial charge in [-0.05, 0) is 18.6 Å². The number of carbonyl (C=O) groups excluding carboxylic acids is 2. The Bertz CT molecular complexity index is 451. The molecule has 0 fully saturated rings. The van der Waals surface area contributed by atoms with Gasteiger partial charge in [0.1, 0.15) is 17.3 Å². The SMILES string of the molecule is CCCCC(=O)CC(=O)c1ccc(OC)cc1OC. The standard InChI is InChI=1S/C15H20O4/c1-4-5-6-11(16)9-14(17)13-8-7-12(18-2)10-15(13)19-3/h7-8,10H,4-6,9H2,1-3H3. The summed E-state index contributed by atoms with van der Waals surface area (Å²) in [5.74, 6) is 0.823. The van der Waals surface area contributed by atoms with Gasteiger partial charge >= 0.3 is 0 Å². The van der Waals surface area contributed by atoms with Gasteiger partial charge in [0.25, 0.3) is 0 Å². The van der Waals surface area contributed by atoms with E-state index in [0.29, 0.717) is 23.5 Å². The van der Waals surface area contributed by atoms with Gasteiger partial charge in [0.2, 0.25) is 0 Å². The third-order valence-electron chi connectivity index (χ3n) is 2.88. The first kappa shape index (κ1) is 15.2. The molecule has 104 valence electrons. The largest absolute Gasteiger partial charge is 0.497 e. The number of benzene rings is 1. The zero-order valence-corrected chi connectivity index (χ0v) is 11.7. The van der Waals surface area contributed by atoms with Crippen molar-refractivity contribution < 1.29 is 19.1 Å². The molecule has 0 saturated heterocycles. The third kappa shape index (κ3) is 4.39. The highest BCUT2D eigenvalue weighted by Crippen LogP contribution is 2.25. The maximum atomic E-state index is 12.1. The van der Waals surface area contributed by atoms with E-state index in [0.717, 1.165) is 12.8 Å². The molecule has 0 atom stereocenters. The second-order valence-corrected chi connectivity index (χ2v) is 4.31. The summed E-state index contributed by atoms with van der Waals surface area (Å²) in [6.45, 7) is 2.02. The highest BCUT2D eigenvalue weighted by molar-refractivity contribution is 6.09. The van der Waals surface area contributed by atoms with E-state index in [1.54, 1.807) is 25.3 Å². The van der Waals surface area contributed by atoms with Crippen LogP contribution in [0.3, 0.4) is 0 Å². The number of ketones is 2. The van der Waals surface area contributed by atoms with E-state index in [1.807, 2.05) is 6.92 Å². The molecule has 0 bridgehead atoms. The van der Waals surface area contributed by atoms with E-state index in [-0.39, 0.29) is 18.0 Å². The van der Waals surface area contributed by atoms with Crippen LogP contribution in [0.5, 0.6) is 11.5 Å². The number of Topliss-reactive ketones (excluding diaryl/α,β-unsaturated/α-hetero) is 2. The van der Waals surface area contributed by atoms with Gasteiger partial charge in [-0.25, -0.2) is 0 Å². The molecule has 0 heterocycles. The average molecular weight is 264 g/mol. The van der Waals surface area contributed by atoms with Crippen LogP contribution in [0.15, 0.2) is 18.2 Å². The second kappa shape index (κ2) is 7.56. The Kier molecular flexibility index (Phi) is 6.06. The van der Waals surface area contributed by atoms with E-state index in [1.165, 1.54) is 7.11 Å². The molecule has 0 spiro atoms. The molecule has 19 heavy (non-hydrogen) atoms. The van der Waals surface area contributed by atoms with E-state index in [4.69, 9.17) is 9.47 Å². The first-order valence-electron chi connectivity index (χ1n) is 6.39. The molecule has 0 N–H and O–H groups in total. The Morgan fingerprint density at radius 3 is 2.47 bits per heavy atom. The maximum absolute atomic E-state index is 12.1. The van der Waals surface area contributed by atoms with Gasteiger partial charge in [-0.15, -0.1) is 0 Å².